The zero-order valence-electron chi connectivity index (χ0n) is 14.3. The molecule has 3 rings (SSSR count). The molecule has 0 aliphatic carbocycles. The van der Waals surface area contributed by atoms with Crippen LogP contribution in [0.4, 0.5) is 5.69 Å². The molecule has 0 fully saturated rings. The molecule has 6 heteroatoms. The second kappa shape index (κ2) is 7.85. The van der Waals surface area contributed by atoms with E-state index in [1.165, 1.54) is 0 Å². The van der Waals surface area contributed by atoms with Crippen LogP contribution in [0.2, 0.25) is 10.0 Å². The standard InChI is InChI=1S/C20H17Cl2NO3/c1-12-10-14(21)6-8-18(12)25-11-15-7-9-19(26-15)20(24)23-17-5-3-4-16(22)13(17)2/h3-10H,11H2,1-2H3,(H,23,24). The second-order valence-corrected chi connectivity index (χ2v) is 6.67. The van der Waals surface area contributed by atoms with Crippen molar-refractivity contribution in [1.82, 2.24) is 0 Å². The molecule has 0 radical (unpaired) electrons. The Kier molecular flexibility index (Phi) is 5.55. The fourth-order valence-corrected chi connectivity index (χ4v) is 2.83. The minimum Gasteiger partial charge on any atom is -0.485 e. The molecule has 1 amide bonds. The SMILES string of the molecule is Cc1cc(Cl)ccc1OCc1ccc(C(=O)Nc2cccc(Cl)c2C)o1. The van der Waals surface area contributed by atoms with Gasteiger partial charge in [-0.3, -0.25) is 4.79 Å². The largest absolute Gasteiger partial charge is 0.485 e. The van der Waals surface area contributed by atoms with Crippen molar-refractivity contribution in [2.24, 2.45) is 0 Å². The van der Waals surface area contributed by atoms with E-state index in [0.717, 1.165) is 11.1 Å². The Bertz CT molecular complexity index is 950. The van der Waals surface area contributed by atoms with Crippen molar-refractivity contribution < 1.29 is 13.9 Å². The summed E-state index contributed by atoms with van der Waals surface area (Å²) in [5, 5.41) is 4.05. The summed E-state index contributed by atoms with van der Waals surface area (Å²) < 4.78 is 11.3. The fourth-order valence-electron chi connectivity index (χ4n) is 2.43. The highest BCUT2D eigenvalue weighted by molar-refractivity contribution is 6.31. The Morgan fingerprint density at radius 1 is 1.12 bits per heavy atom. The zero-order valence-corrected chi connectivity index (χ0v) is 15.8. The normalized spacial score (nSPS) is 10.6. The van der Waals surface area contributed by atoms with Crippen molar-refractivity contribution in [3.63, 3.8) is 0 Å². The van der Waals surface area contributed by atoms with E-state index in [2.05, 4.69) is 5.32 Å². The molecule has 0 unspecified atom stereocenters. The molecule has 1 heterocycles. The van der Waals surface area contributed by atoms with E-state index in [4.69, 9.17) is 32.4 Å². The van der Waals surface area contributed by atoms with Gasteiger partial charge in [0.05, 0.1) is 0 Å². The molecule has 0 spiro atoms. The number of rotatable bonds is 5. The van der Waals surface area contributed by atoms with Crippen LogP contribution in [0.5, 0.6) is 5.75 Å². The number of carbonyl (C=O) groups excluding carboxylic acids is 1. The number of amides is 1. The second-order valence-electron chi connectivity index (χ2n) is 5.83. The van der Waals surface area contributed by atoms with Crippen LogP contribution in [0, 0.1) is 13.8 Å². The van der Waals surface area contributed by atoms with Crippen molar-refractivity contribution in [3.05, 3.63) is 81.2 Å². The summed E-state index contributed by atoms with van der Waals surface area (Å²) in [7, 11) is 0. The van der Waals surface area contributed by atoms with E-state index in [-0.39, 0.29) is 18.3 Å². The van der Waals surface area contributed by atoms with Crippen LogP contribution in [-0.4, -0.2) is 5.91 Å². The zero-order chi connectivity index (χ0) is 18.7. The van der Waals surface area contributed by atoms with Gasteiger partial charge in [0.15, 0.2) is 5.76 Å². The highest BCUT2D eigenvalue weighted by Gasteiger charge is 2.14. The van der Waals surface area contributed by atoms with E-state index in [1.54, 1.807) is 42.5 Å². The van der Waals surface area contributed by atoms with Gasteiger partial charge in [0, 0.05) is 15.7 Å². The molecule has 2 aromatic carbocycles. The fraction of sp³-hybridized carbons (Fsp3) is 0.150. The molecule has 0 aliphatic heterocycles. The molecule has 0 saturated heterocycles. The molecule has 3 aromatic rings. The van der Waals surface area contributed by atoms with Gasteiger partial charge < -0.3 is 14.5 Å². The van der Waals surface area contributed by atoms with Crippen molar-refractivity contribution in [1.29, 1.82) is 0 Å². The van der Waals surface area contributed by atoms with Gasteiger partial charge in [0.1, 0.15) is 18.1 Å². The average molecular weight is 390 g/mol. The van der Waals surface area contributed by atoms with Gasteiger partial charge in [-0.25, -0.2) is 0 Å². The first-order valence-electron chi connectivity index (χ1n) is 7.98. The molecule has 134 valence electrons. The quantitative estimate of drug-likeness (QED) is 0.578. The number of hydrogen-bond acceptors (Lipinski definition) is 3. The maximum atomic E-state index is 12.4. The lowest BCUT2D eigenvalue weighted by Gasteiger charge is -2.08. The Hall–Kier alpha value is -2.43. The van der Waals surface area contributed by atoms with Crippen LogP contribution >= 0.6 is 23.2 Å². The van der Waals surface area contributed by atoms with Crippen molar-refractivity contribution in [2.75, 3.05) is 5.32 Å². The van der Waals surface area contributed by atoms with Crippen LogP contribution in [-0.2, 0) is 6.61 Å². The van der Waals surface area contributed by atoms with E-state index >= 15 is 0 Å². The molecule has 1 aromatic heterocycles. The highest BCUT2D eigenvalue weighted by atomic mass is 35.5. The van der Waals surface area contributed by atoms with Crippen LogP contribution in [0.3, 0.4) is 0 Å². The lowest BCUT2D eigenvalue weighted by molar-refractivity contribution is 0.0992. The van der Waals surface area contributed by atoms with Crippen molar-refractivity contribution in [2.45, 2.75) is 20.5 Å². The summed E-state index contributed by atoms with van der Waals surface area (Å²) in [5.74, 6) is 1.12. The van der Waals surface area contributed by atoms with Gasteiger partial charge in [-0.15, -0.1) is 0 Å². The summed E-state index contributed by atoms with van der Waals surface area (Å²) >= 11 is 12.0. The predicted octanol–water partition coefficient (Wildman–Crippen LogP) is 6.03. The van der Waals surface area contributed by atoms with Gasteiger partial charge in [0.2, 0.25) is 0 Å². The molecule has 0 bridgehead atoms. The van der Waals surface area contributed by atoms with Crippen LogP contribution in [0.15, 0.2) is 52.9 Å². The van der Waals surface area contributed by atoms with E-state index in [9.17, 15) is 4.79 Å². The molecule has 0 aliphatic rings. The number of nitrogens with one attached hydrogen (secondary N) is 1. The minimum absolute atomic E-state index is 0.204. The average Bonchev–Trinajstić information content (AvgIpc) is 3.07. The topological polar surface area (TPSA) is 51.5 Å². The predicted molar refractivity (Wildman–Crippen MR) is 103 cm³/mol. The van der Waals surface area contributed by atoms with Gasteiger partial charge in [0.25, 0.3) is 5.91 Å². The number of ether oxygens (including phenoxy) is 1. The summed E-state index contributed by atoms with van der Waals surface area (Å²) in [6.45, 7) is 3.97. The van der Waals surface area contributed by atoms with Gasteiger partial charge >= 0.3 is 0 Å². The van der Waals surface area contributed by atoms with Crippen LogP contribution < -0.4 is 10.1 Å². The van der Waals surface area contributed by atoms with Gasteiger partial charge in [-0.05, 0) is 67.4 Å². The summed E-state index contributed by atoms with van der Waals surface area (Å²) in [6.07, 6.45) is 0. The first kappa shape index (κ1) is 18.4. The maximum absolute atomic E-state index is 12.4. The van der Waals surface area contributed by atoms with E-state index in [0.29, 0.717) is 27.2 Å². The monoisotopic (exact) mass is 389 g/mol. The number of carbonyl (C=O) groups is 1. The number of anilines is 1. The third-order valence-electron chi connectivity index (χ3n) is 3.91. The van der Waals surface area contributed by atoms with Gasteiger partial charge in [-0.2, -0.15) is 0 Å². The van der Waals surface area contributed by atoms with Crippen LogP contribution in [0.1, 0.15) is 27.4 Å². The lowest BCUT2D eigenvalue weighted by atomic mass is 10.2. The van der Waals surface area contributed by atoms with Crippen molar-refractivity contribution >= 4 is 34.8 Å². The Balaban J connectivity index is 1.65. The molecule has 0 saturated carbocycles. The highest BCUT2D eigenvalue weighted by Crippen LogP contribution is 2.25. The molecule has 1 N–H and O–H groups in total. The Morgan fingerprint density at radius 2 is 1.92 bits per heavy atom. The molecule has 26 heavy (non-hydrogen) atoms. The Labute approximate surface area is 161 Å². The lowest BCUT2D eigenvalue weighted by Crippen LogP contribution is -2.12. The smallest absolute Gasteiger partial charge is 0.291 e. The summed E-state index contributed by atoms with van der Waals surface area (Å²) in [6, 6.07) is 14.1. The molecular formula is C20H17Cl2NO3. The number of hydrogen-bond donors (Lipinski definition) is 1. The molecular weight excluding hydrogens is 373 g/mol. The number of aryl methyl sites for hydroxylation is 1. The van der Waals surface area contributed by atoms with E-state index < -0.39 is 0 Å². The molecule has 0 atom stereocenters. The van der Waals surface area contributed by atoms with E-state index in [1.807, 2.05) is 19.9 Å². The minimum atomic E-state index is -0.343. The molecule has 4 nitrogen and oxygen atoms in total. The Morgan fingerprint density at radius 3 is 2.69 bits per heavy atom. The number of furan rings is 1. The first-order valence-corrected chi connectivity index (χ1v) is 8.74. The first-order chi connectivity index (χ1) is 12.4. The van der Waals surface area contributed by atoms with Crippen LogP contribution in [0.25, 0.3) is 0 Å². The summed E-state index contributed by atoms with van der Waals surface area (Å²) in [4.78, 5) is 12.4. The number of benzene rings is 2. The maximum Gasteiger partial charge on any atom is 0.291 e. The number of halogens is 2. The van der Waals surface area contributed by atoms with Gasteiger partial charge in [-0.1, -0.05) is 29.3 Å². The summed E-state index contributed by atoms with van der Waals surface area (Å²) in [5.41, 5.74) is 2.38. The van der Waals surface area contributed by atoms with Crippen molar-refractivity contribution in [3.8, 4) is 5.75 Å². The third-order valence-corrected chi connectivity index (χ3v) is 4.55. The third kappa shape index (κ3) is 4.21.